The zero-order chi connectivity index (χ0) is 14.2. The first-order valence-electron chi connectivity index (χ1n) is 7.25. The lowest BCUT2D eigenvalue weighted by atomic mass is 10.0. The van der Waals surface area contributed by atoms with Crippen LogP contribution >= 0.6 is 0 Å². The molecule has 2 aromatic carbocycles. The molecule has 0 atom stereocenters. The molecule has 0 heterocycles. The first-order chi connectivity index (χ1) is 9.81. The van der Waals surface area contributed by atoms with Gasteiger partial charge in [0.25, 0.3) is 0 Å². The first-order valence-corrected chi connectivity index (χ1v) is 7.25. The van der Waals surface area contributed by atoms with E-state index in [1.807, 2.05) is 38.1 Å². The molecule has 0 fully saturated rings. The van der Waals surface area contributed by atoms with Crippen LogP contribution in [0.5, 0.6) is 11.5 Å². The molecule has 0 unspecified atom stereocenters. The van der Waals surface area contributed by atoms with Crippen molar-refractivity contribution in [2.24, 2.45) is 0 Å². The quantitative estimate of drug-likeness (QED) is 0.748. The molecule has 2 rings (SSSR count). The van der Waals surface area contributed by atoms with Gasteiger partial charge in [-0.1, -0.05) is 24.3 Å². The zero-order valence-electron chi connectivity index (χ0n) is 12.3. The first kappa shape index (κ1) is 14.4. The molecule has 0 saturated carbocycles. The molecule has 0 bridgehead atoms. The van der Waals surface area contributed by atoms with E-state index in [1.54, 1.807) is 0 Å². The van der Waals surface area contributed by atoms with Crippen molar-refractivity contribution >= 4 is 0 Å². The molecule has 0 aliphatic rings. The summed E-state index contributed by atoms with van der Waals surface area (Å²) in [5.74, 6) is 1.88. The van der Waals surface area contributed by atoms with Crippen LogP contribution in [0.1, 0.15) is 25.0 Å². The monoisotopic (exact) mass is 270 g/mol. The second kappa shape index (κ2) is 7.59. The van der Waals surface area contributed by atoms with Gasteiger partial charge in [0.15, 0.2) is 0 Å². The van der Waals surface area contributed by atoms with Gasteiger partial charge < -0.3 is 9.47 Å². The number of aryl methyl sites for hydroxylation is 2. The Kier molecular flexibility index (Phi) is 5.48. The molecule has 0 N–H and O–H groups in total. The van der Waals surface area contributed by atoms with E-state index in [0.717, 1.165) is 24.3 Å². The number of hydrogen-bond donors (Lipinski definition) is 0. The van der Waals surface area contributed by atoms with Crippen molar-refractivity contribution in [1.82, 2.24) is 0 Å². The fourth-order valence-corrected chi connectivity index (χ4v) is 2.13. The van der Waals surface area contributed by atoms with Gasteiger partial charge in [-0.2, -0.15) is 0 Å². The number of rotatable bonds is 7. The van der Waals surface area contributed by atoms with E-state index in [4.69, 9.17) is 9.47 Å². The Balaban J connectivity index is 1.87. The molecular weight excluding hydrogens is 248 g/mol. The highest BCUT2D eigenvalue weighted by Crippen LogP contribution is 2.16. The Morgan fingerprint density at radius 1 is 0.600 bits per heavy atom. The molecule has 0 aromatic heterocycles. The van der Waals surface area contributed by atoms with Crippen LogP contribution < -0.4 is 9.47 Å². The number of hydrogen-bond acceptors (Lipinski definition) is 2. The van der Waals surface area contributed by atoms with Crippen molar-refractivity contribution in [2.45, 2.75) is 26.7 Å². The Morgan fingerprint density at radius 3 is 1.25 bits per heavy atom. The summed E-state index contributed by atoms with van der Waals surface area (Å²) in [6, 6.07) is 16.7. The maximum atomic E-state index is 5.45. The third-order valence-electron chi connectivity index (χ3n) is 3.17. The van der Waals surface area contributed by atoms with Gasteiger partial charge >= 0.3 is 0 Å². The molecule has 0 saturated heterocycles. The Hall–Kier alpha value is -1.96. The van der Waals surface area contributed by atoms with Crippen LogP contribution in [0.25, 0.3) is 0 Å². The Morgan fingerprint density at radius 2 is 0.950 bits per heavy atom. The van der Waals surface area contributed by atoms with E-state index < -0.39 is 0 Å². The summed E-state index contributed by atoms with van der Waals surface area (Å²) < 4.78 is 10.9. The molecule has 2 nitrogen and oxygen atoms in total. The zero-order valence-corrected chi connectivity index (χ0v) is 12.3. The van der Waals surface area contributed by atoms with Crippen LogP contribution in [0.15, 0.2) is 48.5 Å². The van der Waals surface area contributed by atoms with Crippen LogP contribution in [-0.4, -0.2) is 13.2 Å². The molecule has 0 amide bonds. The SMILES string of the molecule is CCOc1ccc(CCc2ccc(OCC)cc2)cc1. The lowest BCUT2D eigenvalue weighted by Gasteiger charge is -2.06. The van der Waals surface area contributed by atoms with Gasteiger partial charge in [-0.05, 0) is 62.1 Å². The van der Waals surface area contributed by atoms with Gasteiger partial charge in [-0.15, -0.1) is 0 Å². The fraction of sp³-hybridized carbons (Fsp3) is 0.333. The molecule has 106 valence electrons. The predicted octanol–water partition coefficient (Wildman–Crippen LogP) is 4.27. The highest BCUT2D eigenvalue weighted by molar-refractivity contribution is 5.30. The van der Waals surface area contributed by atoms with Crippen LogP contribution in [0.3, 0.4) is 0 Å². The lowest BCUT2D eigenvalue weighted by Crippen LogP contribution is -1.94. The van der Waals surface area contributed by atoms with Crippen LogP contribution in [0, 0.1) is 0 Å². The summed E-state index contributed by atoms with van der Waals surface area (Å²) in [6.07, 6.45) is 2.08. The average Bonchev–Trinajstić information content (AvgIpc) is 2.49. The normalized spacial score (nSPS) is 10.3. The maximum Gasteiger partial charge on any atom is 0.119 e. The van der Waals surface area contributed by atoms with E-state index in [1.165, 1.54) is 11.1 Å². The molecule has 2 heteroatoms. The van der Waals surface area contributed by atoms with Gasteiger partial charge in [0, 0.05) is 0 Å². The molecule has 20 heavy (non-hydrogen) atoms. The van der Waals surface area contributed by atoms with E-state index in [2.05, 4.69) is 24.3 Å². The molecular formula is C18H22O2. The minimum atomic E-state index is 0.714. The number of ether oxygens (including phenoxy) is 2. The molecule has 0 aliphatic heterocycles. The molecule has 0 aliphatic carbocycles. The third-order valence-corrected chi connectivity index (χ3v) is 3.17. The van der Waals surface area contributed by atoms with E-state index >= 15 is 0 Å². The van der Waals surface area contributed by atoms with E-state index in [0.29, 0.717) is 13.2 Å². The van der Waals surface area contributed by atoms with Crippen molar-refractivity contribution in [2.75, 3.05) is 13.2 Å². The summed E-state index contributed by atoms with van der Waals surface area (Å²) >= 11 is 0. The average molecular weight is 270 g/mol. The van der Waals surface area contributed by atoms with Crippen molar-refractivity contribution < 1.29 is 9.47 Å². The van der Waals surface area contributed by atoms with Crippen LogP contribution in [-0.2, 0) is 12.8 Å². The summed E-state index contributed by atoms with van der Waals surface area (Å²) in [7, 11) is 0. The van der Waals surface area contributed by atoms with Gasteiger partial charge in [-0.3, -0.25) is 0 Å². The standard InChI is InChI=1S/C18H22O2/c1-3-19-17-11-7-15(8-12-17)5-6-16-9-13-18(14-10-16)20-4-2/h7-14H,3-6H2,1-2H3. The topological polar surface area (TPSA) is 18.5 Å². The minimum Gasteiger partial charge on any atom is -0.494 e. The van der Waals surface area contributed by atoms with Crippen molar-refractivity contribution in [3.63, 3.8) is 0 Å². The van der Waals surface area contributed by atoms with E-state index in [9.17, 15) is 0 Å². The molecule has 0 spiro atoms. The highest BCUT2D eigenvalue weighted by Gasteiger charge is 1.98. The second-order valence-corrected chi connectivity index (χ2v) is 4.65. The fourth-order valence-electron chi connectivity index (χ4n) is 2.13. The highest BCUT2D eigenvalue weighted by atomic mass is 16.5. The van der Waals surface area contributed by atoms with Gasteiger partial charge in [0.05, 0.1) is 13.2 Å². The smallest absolute Gasteiger partial charge is 0.119 e. The third kappa shape index (κ3) is 4.30. The number of benzene rings is 2. The second-order valence-electron chi connectivity index (χ2n) is 4.65. The van der Waals surface area contributed by atoms with Gasteiger partial charge in [-0.25, -0.2) is 0 Å². The summed E-state index contributed by atoms with van der Waals surface area (Å²) in [5.41, 5.74) is 2.67. The Labute approximate surface area is 121 Å². The lowest BCUT2D eigenvalue weighted by molar-refractivity contribution is 0.340. The van der Waals surface area contributed by atoms with Gasteiger partial charge in [0.2, 0.25) is 0 Å². The van der Waals surface area contributed by atoms with Crippen molar-refractivity contribution in [3.05, 3.63) is 59.7 Å². The van der Waals surface area contributed by atoms with Crippen LogP contribution in [0.2, 0.25) is 0 Å². The predicted molar refractivity (Wildman–Crippen MR) is 82.6 cm³/mol. The van der Waals surface area contributed by atoms with Crippen molar-refractivity contribution in [3.8, 4) is 11.5 Å². The molecule has 2 aromatic rings. The van der Waals surface area contributed by atoms with Crippen molar-refractivity contribution in [1.29, 1.82) is 0 Å². The largest absolute Gasteiger partial charge is 0.494 e. The summed E-state index contributed by atoms with van der Waals surface area (Å²) in [6.45, 7) is 5.43. The van der Waals surface area contributed by atoms with Crippen LogP contribution in [0.4, 0.5) is 0 Å². The minimum absolute atomic E-state index is 0.714. The van der Waals surface area contributed by atoms with Gasteiger partial charge in [0.1, 0.15) is 11.5 Å². The Bertz CT molecular complexity index is 450. The summed E-state index contributed by atoms with van der Waals surface area (Å²) in [4.78, 5) is 0. The maximum absolute atomic E-state index is 5.45. The molecule has 0 radical (unpaired) electrons. The summed E-state index contributed by atoms with van der Waals surface area (Å²) in [5, 5.41) is 0. The van der Waals surface area contributed by atoms with E-state index in [-0.39, 0.29) is 0 Å².